The molecule has 0 saturated carbocycles. The maximum Gasteiger partial charge on any atom is 0.322 e. The minimum Gasteiger partial charge on any atom is -0.365 e. The Labute approximate surface area is 143 Å². The largest absolute Gasteiger partial charge is 0.365 e. The number of urea groups is 1. The van der Waals surface area contributed by atoms with Crippen LogP contribution in [0, 0.1) is 12.7 Å². The van der Waals surface area contributed by atoms with Crippen molar-refractivity contribution in [1.29, 1.82) is 0 Å². The zero-order valence-electron chi connectivity index (χ0n) is 13.0. The van der Waals surface area contributed by atoms with Crippen molar-refractivity contribution in [3.05, 3.63) is 52.1 Å². The molecule has 1 aromatic heterocycles. The zero-order chi connectivity index (χ0) is 17.4. The fourth-order valence-electron chi connectivity index (χ4n) is 2.90. The molecule has 1 aliphatic rings. The average molecular weight is 351 g/mol. The lowest BCUT2D eigenvalue weighted by Gasteiger charge is -2.29. The Balaban J connectivity index is 1.83. The van der Waals surface area contributed by atoms with Gasteiger partial charge in [0.05, 0.1) is 22.8 Å². The number of anilines is 1. The third-order valence-electron chi connectivity index (χ3n) is 4.10. The second-order valence-electron chi connectivity index (χ2n) is 5.60. The first-order chi connectivity index (χ1) is 11.4. The SMILES string of the molecule is Cc1c(Cl)c(C(N)=O)c2n1CCN(C(=O)Nc1cccc(F)c1)C2. The molecular weight excluding hydrogens is 335 g/mol. The van der Waals surface area contributed by atoms with Gasteiger partial charge in [-0.05, 0) is 25.1 Å². The number of halogens is 2. The van der Waals surface area contributed by atoms with E-state index in [0.717, 1.165) is 5.69 Å². The molecule has 0 spiro atoms. The van der Waals surface area contributed by atoms with E-state index in [4.69, 9.17) is 17.3 Å². The van der Waals surface area contributed by atoms with Gasteiger partial charge in [0.2, 0.25) is 0 Å². The van der Waals surface area contributed by atoms with Crippen molar-refractivity contribution in [1.82, 2.24) is 9.47 Å². The molecule has 1 aromatic carbocycles. The van der Waals surface area contributed by atoms with E-state index in [-0.39, 0.29) is 18.1 Å². The number of carbonyl (C=O) groups excluding carboxylic acids is 2. The molecule has 3 amide bonds. The molecule has 24 heavy (non-hydrogen) atoms. The second kappa shape index (κ2) is 6.16. The summed E-state index contributed by atoms with van der Waals surface area (Å²) in [7, 11) is 0. The van der Waals surface area contributed by atoms with E-state index in [1.807, 2.05) is 4.57 Å². The number of benzene rings is 1. The number of hydrogen-bond donors (Lipinski definition) is 2. The Morgan fingerprint density at radius 1 is 1.33 bits per heavy atom. The fourth-order valence-corrected chi connectivity index (χ4v) is 3.21. The summed E-state index contributed by atoms with van der Waals surface area (Å²) in [5.41, 5.74) is 7.40. The number of nitrogens with zero attached hydrogens (tertiary/aromatic N) is 2. The smallest absolute Gasteiger partial charge is 0.322 e. The van der Waals surface area contributed by atoms with Crippen LogP contribution < -0.4 is 11.1 Å². The number of amides is 3. The first-order valence-electron chi connectivity index (χ1n) is 7.37. The van der Waals surface area contributed by atoms with Gasteiger partial charge in [-0.1, -0.05) is 17.7 Å². The van der Waals surface area contributed by atoms with Crippen LogP contribution >= 0.6 is 11.6 Å². The first kappa shape index (κ1) is 16.3. The van der Waals surface area contributed by atoms with E-state index in [0.29, 0.717) is 29.5 Å². The summed E-state index contributed by atoms with van der Waals surface area (Å²) in [6.45, 7) is 2.96. The highest BCUT2D eigenvalue weighted by atomic mass is 35.5. The van der Waals surface area contributed by atoms with Crippen molar-refractivity contribution >= 4 is 29.2 Å². The average Bonchev–Trinajstić information content (AvgIpc) is 2.78. The van der Waals surface area contributed by atoms with Crippen molar-refractivity contribution < 1.29 is 14.0 Å². The molecule has 0 saturated heterocycles. The van der Waals surface area contributed by atoms with Gasteiger partial charge in [0, 0.05) is 24.5 Å². The van der Waals surface area contributed by atoms with E-state index in [2.05, 4.69) is 5.32 Å². The molecule has 1 aliphatic heterocycles. The van der Waals surface area contributed by atoms with Gasteiger partial charge in [-0.3, -0.25) is 4.79 Å². The van der Waals surface area contributed by atoms with Crippen molar-refractivity contribution in [2.24, 2.45) is 5.73 Å². The van der Waals surface area contributed by atoms with Gasteiger partial charge in [0.1, 0.15) is 5.82 Å². The van der Waals surface area contributed by atoms with Gasteiger partial charge in [-0.15, -0.1) is 0 Å². The number of primary amides is 1. The Kier molecular flexibility index (Phi) is 4.19. The normalized spacial score (nSPS) is 13.5. The molecule has 2 heterocycles. The fraction of sp³-hybridized carbons (Fsp3) is 0.250. The van der Waals surface area contributed by atoms with Crippen LogP contribution in [-0.4, -0.2) is 28.0 Å². The van der Waals surface area contributed by atoms with Crippen LogP contribution in [0.5, 0.6) is 0 Å². The van der Waals surface area contributed by atoms with Gasteiger partial charge in [-0.25, -0.2) is 9.18 Å². The zero-order valence-corrected chi connectivity index (χ0v) is 13.7. The molecule has 0 bridgehead atoms. The van der Waals surface area contributed by atoms with Crippen LogP contribution in [0.1, 0.15) is 21.7 Å². The van der Waals surface area contributed by atoms with E-state index >= 15 is 0 Å². The summed E-state index contributed by atoms with van der Waals surface area (Å²) in [5.74, 6) is -1.05. The molecule has 8 heteroatoms. The minimum absolute atomic E-state index is 0.201. The van der Waals surface area contributed by atoms with E-state index < -0.39 is 11.7 Å². The van der Waals surface area contributed by atoms with E-state index in [1.54, 1.807) is 13.0 Å². The highest BCUT2D eigenvalue weighted by molar-refractivity contribution is 6.34. The number of nitrogens with two attached hydrogens (primary N) is 1. The first-order valence-corrected chi connectivity index (χ1v) is 7.75. The lowest BCUT2D eigenvalue weighted by molar-refractivity contribution is 0.0997. The Bertz CT molecular complexity index is 834. The highest BCUT2D eigenvalue weighted by Crippen LogP contribution is 2.30. The molecule has 3 rings (SSSR count). The molecule has 0 atom stereocenters. The Hall–Kier alpha value is -2.54. The Morgan fingerprint density at radius 3 is 2.75 bits per heavy atom. The molecule has 0 radical (unpaired) electrons. The van der Waals surface area contributed by atoms with Crippen LogP contribution in [0.4, 0.5) is 14.9 Å². The maximum atomic E-state index is 13.2. The number of fused-ring (bicyclic) bond motifs is 1. The van der Waals surface area contributed by atoms with Crippen molar-refractivity contribution in [3.63, 3.8) is 0 Å². The lowest BCUT2D eigenvalue weighted by Crippen LogP contribution is -2.41. The Morgan fingerprint density at radius 2 is 2.08 bits per heavy atom. The van der Waals surface area contributed by atoms with Gasteiger partial charge in [-0.2, -0.15) is 0 Å². The monoisotopic (exact) mass is 350 g/mol. The van der Waals surface area contributed by atoms with Crippen molar-refractivity contribution in [2.45, 2.75) is 20.0 Å². The van der Waals surface area contributed by atoms with Crippen molar-refractivity contribution in [2.75, 3.05) is 11.9 Å². The van der Waals surface area contributed by atoms with Crippen LogP contribution in [0.2, 0.25) is 5.02 Å². The summed E-state index contributed by atoms with van der Waals surface area (Å²) in [6.07, 6.45) is 0. The standard InChI is InChI=1S/C16H16ClFN4O2/c1-9-14(17)13(15(19)23)12-8-21(5-6-22(9)12)16(24)20-11-4-2-3-10(18)7-11/h2-4,7H,5-6,8H2,1H3,(H2,19,23)(H,20,24). The molecule has 126 valence electrons. The quantitative estimate of drug-likeness (QED) is 0.873. The molecule has 6 nitrogen and oxygen atoms in total. The summed E-state index contributed by atoms with van der Waals surface area (Å²) >= 11 is 6.19. The topological polar surface area (TPSA) is 80.4 Å². The van der Waals surface area contributed by atoms with Crippen LogP contribution in [-0.2, 0) is 13.1 Å². The van der Waals surface area contributed by atoms with Gasteiger partial charge in [0.25, 0.3) is 5.91 Å². The summed E-state index contributed by atoms with van der Waals surface area (Å²) in [6, 6.07) is 5.27. The van der Waals surface area contributed by atoms with E-state index in [9.17, 15) is 14.0 Å². The van der Waals surface area contributed by atoms with Gasteiger partial charge >= 0.3 is 6.03 Å². The second-order valence-corrected chi connectivity index (χ2v) is 5.98. The molecule has 0 aliphatic carbocycles. The number of hydrogen-bond acceptors (Lipinski definition) is 2. The van der Waals surface area contributed by atoms with Gasteiger partial charge < -0.3 is 20.5 Å². The number of carbonyl (C=O) groups is 2. The highest BCUT2D eigenvalue weighted by Gasteiger charge is 2.29. The predicted octanol–water partition coefficient (Wildman–Crippen LogP) is 2.74. The molecule has 0 fully saturated rings. The summed E-state index contributed by atoms with van der Waals surface area (Å²) < 4.78 is 15.1. The third kappa shape index (κ3) is 2.82. The summed E-state index contributed by atoms with van der Waals surface area (Å²) in [4.78, 5) is 25.6. The molecule has 2 aromatic rings. The summed E-state index contributed by atoms with van der Waals surface area (Å²) in [5, 5.41) is 2.97. The van der Waals surface area contributed by atoms with Crippen LogP contribution in [0.3, 0.4) is 0 Å². The third-order valence-corrected chi connectivity index (χ3v) is 4.56. The number of rotatable bonds is 2. The van der Waals surface area contributed by atoms with Crippen LogP contribution in [0.25, 0.3) is 0 Å². The molecular formula is C16H16ClFN4O2. The van der Waals surface area contributed by atoms with Crippen LogP contribution in [0.15, 0.2) is 24.3 Å². The maximum absolute atomic E-state index is 13.2. The van der Waals surface area contributed by atoms with E-state index in [1.165, 1.54) is 23.1 Å². The number of aromatic nitrogens is 1. The number of nitrogens with one attached hydrogen (secondary N) is 1. The molecule has 0 unspecified atom stereocenters. The lowest BCUT2D eigenvalue weighted by atomic mass is 10.2. The predicted molar refractivity (Wildman–Crippen MR) is 88.5 cm³/mol. The minimum atomic E-state index is -0.621. The van der Waals surface area contributed by atoms with Crippen molar-refractivity contribution in [3.8, 4) is 0 Å². The van der Waals surface area contributed by atoms with Gasteiger partial charge in [0.15, 0.2) is 0 Å². The molecule has 3 N–H and O–H groups in total.